The fourth-order valence-corrected chi connectivity index (χ4v) is 3.41. The molecule has 0 saturated heterocycles. The summed E-state index contributed by atoms with van der Waals surface area (Å²) in [6.07, 6.45) is 4.18. The van der Waals surface area contributed by atoms with Crippen LogP contribution in [0.5, 0.6) is 0 Å². The highest BCUT2D eigenvalue weighted by Gasteiger charge is 2.36. The number of benzene rings is 1. The van der Waals surface area contributed by atoms with Gasteiger partial charge in [-0.2, -0.15) is 5.10 Å². The zero-order chi connectivity index (χ0) is 14.2. The number of fused-ring (bicyclic) bond motifs is 1. The van der Waals surface area contributed by atoms with E-state index in [0.29, 0.717) is 0 Å². The van der Waals surface area contributed by atoms with Gasteiger partial charge in [0.25, 0.3) is 0 Å². The molecule has 0 aliphatic heterocycles. The van der Waals surface area contributed by atoms with Crippen LogP contribution in [0.15, 0.2) is 30.3 Å². The van der Waals surface area contributed by atoms with E-state index in [-0.39, 0.29) is 5.41 Å². The third-order valence-electron chi connectivity index (χ3n) is 4.63. The van der Waals surface area contributed by atoms with Gasteiger partial charge < -0.3 is 5.73 Å². The molecule has 1 aromatic heterocycles. The number of nitrogens with zero attached hydrogens (tertiary/aromatic N) is 2. The minimum Gasteiger partial charge on any atom is -0.330 e. The summed E-state index contributed by atoms with van der Waals surface area (Å²) < 4.78 is 2.03. The molecular weight excluding hydrogens is 246 g/mol. The molecule has 1 heterocycles. The predicted molar refractivity (Wildman–Crippen MR) is 81.6 cm³/mol. The van der Waals surface area contributed by atoms with Crippen molar-refractivity contribution in [3.63, 3.8) is 0 Å². The smallest absolute Gasteiger partial charge is 0.0624 e. The van der Waals surface area contributed by atoms with E-state index in [2.05, 4.69) is 42.4 Å². The lowest BCUT2D eigenvalue weighted by Gasteiger charge is -2.27. The molecule has 20 heavy (non-hydrogen) atoms. The van der Waals surface area contributed by atoms with E-state index in [9.17, 15) is 0 Å². The Morgan fingerprint density at radius 3 is 2.40 bits per heavy atom. The van der Waals surface area contributed by atoms with E-state index >= 15 is 0 Å². The Hall–Kier alpha value is -1.61. The molecule has 0 saturated carbocycles. The molecule has 1 aliphatic carbocycles. The van der Waals surface area contributed by atoms with Gasteiger partial charge in [0.05, 0.1) is 5.69 Å². The summed E-state index contributed by atoms with van der Waals surface area (Å²) in [5.41, 5.74) is 11.7. The molecule has 0 fully saturated rings. The first-order valence-corrected chi connectivity index (χ1v) is 7.44. The van der Waals surface area contributed by atoms with Gasteiger partial charge in [-0.1, -0.05) is 31.2 Å². The normalized spacial score (nSPS) is 16.4. The fourth-order valence-electron chi connectivity index (χ4n) is 3.41. The molecule has 1 aromatic carbocycles. The van der Waals surface area contributed by atoms with Crippen molar-refractivity contribution in [3.8, 4) is 0 Å². The average molecular weight is 269 g/mol. The highest BCUT2D eigenvalue weighted by atomic mass is 15.3. The van der Waals surface area contributed by atoms with Gasteiger partial charge in [0.2, 0.25) is 0 Å². The largest absolute Gasteiger partial charge is 0.330 e. The number of aryl methyl sites for hydroxylation is 2. The third-order valence-corrected chi connectivity index (χ3v) is 4.63. The zero-order valence-corrected chi connectivity index (χ0v) is 12.4. The van der Waals surface area contributed by atoms with Crippen LogP contribution in [0.4, 0.5) is 0 Å². The zero-order valence-electron chi connectivity index (χ0n) is 12.4. The lowest BCUT2D eigenvalue weighted by molar-refractivity contribution is 0.307. The standard InChI is InChI=1S/C17H23N3/c1-3-15-8-16(20(2)19-15)11-17(12-18)9-13-6-4-5-7-14(13)10-17/h4-8H,3,9-12,18H2,1-2H3. The van der Waals surface area contributed by atoms with Crippen LogP contribution >= 0.6 is 0 Å². The molecule has 0 bridgehead atoms. The van der Waals surface area contributed by atoms with Crippen LogP contribution in [0.25, 0.3) is 0 Å². The molecule has 3 nitrogen and oxygen atoms in total. The summed E-state index contributed by atoms with van der Waals surface area (Å²) in [4.78, 5) is 0. The van der Waals surface area contributed by atoms with Crippen molar-refractivity contribution < 1.29 is 0 Å². The molecule has 3 heteroatoms. The molecule has 0 unspecified atom stereocenters. The molecule has 2 N–H and O–H groups in total. The van der Waals surface area contributed by atoms with Crippen molar-refractivity contribution in [1.29, 1.82) is 0 Å². The van der Waals surface area contributed by atoms with E-state index in [0.717, 1.165) is 32.2 Å². The summed E-state index contributed by atoms with van der Waals surface area (Å²) in [5.74, 6) is 0. The van der Waals surface area contributed by atoms with Crippen LogP contribution in [-0.4, -0.2) is 16.3 Å². The summed E-state index contributed by atoms with van der Waals surface area (Å²) in [7, 11) is 2.04. The van der Waals surface area contributed by atoms with Gasteiger partial charge >= 0.3 is 0 Å². The Balaban J connectivity index is 1.87. The minimum absolute atomic E-state index is 0.169. The van der Waals surface area contributed by atoms with Gasteiger partial charge in [-0.25, -0.2) is 0 Å². The molecular formula is C17H23N3. The van der Waals surface area contributed by atoms with Crippen molar-refractivity contribution in [2.45, 2.75) is 32.6 Å². The van der Waals surface area contributed by atoms with Crippen molar-refractivity contribution in [3.05, 3.63) is 52.8 Å². The van der Waals surface area contributed by atoms with Gasteiger partial charge in [0.15, 0.2) is 0 Å². The van der Waals surface area contributed by atoms with Crippen LogP contribution in [0.2, 0.25) is 0 Å². The number of rotatable bonds is 4. The highest BCUT2D eigenvalue weighted by Crippen LogP contribution is 2.38. The number of hydrogen-bond acceptors (Lipinski definition) is 2. The van der Waals surface area contributed by atoms with Crippen molar-refractivity contribution in [1.82, 2.24) is 9.78 Å². The summed E-state index contributed by atoms with van der Waals surface area (Å²) in [5, 5.41) is 4.56. The quantitative estimate of drug-likeness (QED) is 0.925. The topological polar surface area (TPSA) is 43.8 Å². The van der Waals surface area contributed by atoms with Crippen molar-refractivity contribution in [2.24, 2.45) is 18.2 Å². The Morgan fingerprint density at radius 2 is 1.90 bits per heavy atom. The van der Waals surface area contributed by atoms with Gasteiger partial charge in [0.1, 0.15) is 0 Å². The first kappa shape index (κ1) is 13.4. The van der Waals surface area contributed by atoms with E-state index < -0.39 is 0 Å². The molecule has 0 amide bonds. The number of hydrogen-bond donors (Lipinski definition) is 1. The third kappa shape index (κ3) is 2.27. The maximum atomic E-state index is 6.16. The molecule has 0 spiro atoms. The van der Waals surface area contributed by atoms with Crippen LogP contribution in [0.1, 0.15) is 29.4 Å². The van der Waals surface area contributed by atoms with E-state index in [4.69, 9.17) is 5.73 Å². The maximum absolute atomic E-state index is 6.16. The second-order valence-electron chi connectivity index (χ2n) is 6.11. The molecule has 0 radical (unpaired) electrons. The minimum atomic E-state index is 0.169. The molecule has 106 valence electrons. The first-order chi connectivity index (χ1) is 9.65. The SMILES string of the molecule is CCc1cc(CC2(CN)Cc3ccccc3C2)n(C)n1. The van der Waals surface area contributed by atoms with Crippen LogP contribution < -0.4 is 5.73 Å². The van der Waals surface area contributed by atoms with Crippen molar-refractivity contribution >= 4 is 0 Å². The van der Waals surface area contributed by atoms with Crippen molar-refractivity contribution in [2.75, 3.05) is 6.54 Å². The Morgan fingerprint density at radius 1 is 1.25 bits per heavy atom. The monoisotopic (exact) mass is 269 g/mol. The lowest BCUT2D eigenvalue weighted by atomic mass is 9.80. The summed E-state index contributed by atoms with van der Waals surface area (Å²) >= 11 is 0. The predicted octanol–water partition coefficient (Wildman–Crippen LogP) is 2.27. The fraction of sp³-hybridized carbons (Fsp3) is 0.471. The van der Waals surface area contributed by atoms with E-state index in [1.54, 1.807) is 0 Å². The van der Waals surface area contributed by atoms with Crippen LogP contribution in [-0.2, 0) is 32.7 Å². The molecule has 3 rings (SSSR count). The van der Waals surface area contributed by atoms with E-state index in [1.165, 1.54) is 22.5 Å². The maximum Gasteiger partial charge on any atom is 0.0624 e. The summed E-state index contributed by atoms with van der Waals surface area (Å²) in [6, 6.07) is 11.0. The second kappa shape index (κ2) is 5.06. The number of nitrogens with two attached hydrogens (primary N) is 1. The van der Waals surface area contributed by atoms with Gasteiger partial charge in [0, 0.05) is 12.7 Å². The van der Waals surface area contributed by atoms with E-state index in [1.807, 2.05) is 11.7 Å². The number of aromatic nitrogens is 2. The molecule has 1 aliphatic rings. The Bertz CT molecular complexity index is 587. The highest BCUT2D eigenvalue weighted by molar-refractivity contribution is 5.35. The second-order valence-corrected chi connectivity index (χ2v) is 6.11. The van der Waals surface area contributed by atoms with Gasteiger partial charge in [-0.15, -0.1) is 0 Å². The lowest BCUT2D eigenvalue weighted by Crippen LogP contribution is -2.34. The Kier molecular flexibility index (Phi) is 3.38. The summed E-state index contributed by atoms with van der Waals surface area (Å²) in [6.45, 7) is 2.88. The Labute approximate surface area is 120 Å². The van der Waals surface area contributed by atoms with Gasteiger partial charge in [-0.05, 0) is 54.8 Å². The average Bonchev–Trinajstić information content (AvgIpc) is 3.00. The molecule has 0 atom stereocenters. The van der Waals surface area contributed by atoms with Gasteiger partial charge in [-0.3, -0.25) is 4.68 Å². The van der Waals surface area contributed by atoms with Crippen LogP contribution in [0, 0.1) is 5.41 Å². The molecule has 2 aromatic rings. The van der Waals surface area contributed by atoms with Crippen LogP contribution in [0.3, 0.4) is 0 Å². The first-order valence-electron chi connectivity index (χ1n) is 7.44.